The average Bonchev–Trinajstić information content (AvgIpc) is 2.70. The number of carbonyl (C=O) groups excluding carboxylic acids is 1. The second-order valence-corrected chi connectivity index (χ2v) is 7.97. The van der Waals surface area contributed by atoms with E-state index in [0.29, 0.717) is 49.2 Å². The van der Waals surface area contributed by atoms with E-state index in [1.165, 1.54) is 0 Å². The summed E-state index contributed by atoms with van der Waals surface area (Å²) in [5, 5.41) is 3.54. The summed E-state index contributed by atoms with van der Waals surface area (Å²) in [6.07, 6.45) is 2.16. The van der Waals surface area contributed by atoms with Crippen LogP contribution in [0, 0.1) is 12.7 Å². The molecule has 0 aliphatic carbocycles. The molecule has 5 N–H and O–H groups in total. The fraction of sp³-hybridized carbons (Fsp3) is 0.435. The smallest absolute Gasteiger partial charge is 0.181 e. The molecule has 164 valence electrons. The number of hydrogen-bond donors (Lipinski definition) is 3. The van der Waals surface area contributed by atoms with Gasteiger partial charge in [0.05, 0.1) is 5.02 Å². The molecule has 0 spiro atoms. The molecule has 5 nitrogen and oxygen atoms in total. The van der Waals surface area contributed by atoms with Crippen molar-refractivity contribution >= 4 is 23.1 Å². The highest BCUT2D eigenvalue weighted by molar-refractivity contribution is 6.32. The van der Waals surface area contributed by atoms with Crippen molar-refractivity contribution in [3.05, 3.63) is 52.3 Å². The van der Waals surface area contributed by atoms with E-state index in [-0.39, 0.29) is 28.6 Å². The second-order valence-electron chi connectivity index (χ2n) is 7.56. The van der Waals surface area contributed by atoms with E-state index in [1.807, 2.05) is 20.8 Å². The van der Waals surface area contributed by atoms with Crippen LogP contribution in [-0.4, -0.2) is 18.4 Å². The van der Waals surface area contributed by atoms with Gasteiger partial charge in [-0.25, -0.2) is 4.39 Å². The fourth-order valence-electron chi connectivity index (χ4n) is 3.31. The summed E-state index contributed by atoms with van der Waals surface area (Å²) in [7, 11) is 0. The molecule has 0 aliphatic rings. The van der Waals surface area contributed by atoms with Crippen LogP contribution in [0.15, 0.2) is 30.3 Å². The number of hydrogen-bond acceptors (Lipinski definition) is 5. The Hall–Kier alpha value is -2.15. The van der Waals surface area contributed by atoms with Gasteiger partial charge in [-0.05, 0) is 63.1 Å². The number of Topliss-reactive ketones (excluding diaryl/α,β-unsaturated/α-hetero) is 1. The molecule has 0 aromatic heterocycles. The van der Waals surface area contributed by atoms with Crippen molar-refractivity contribution < 1.29 is 13.9 Å². The Kier molecular flexibility index (Phi) is 9.08. The van der Waals surface area contributed by atoms with Crippen molar-refractivity contribution in [1.82, 2.24) is 5.32 Å². The molecule has 2 rings (SSSR count). The first kappa shape index (κ1) is 24.1. The summed E-state index contributed by atoms with van der Waals surface area (Å²) in [5.41, 5.74) is 13.2. The minimum atomic E-state index is -0.516. The summed E-state index contributed by atoms with van der Waals surface area (Å²) in [4.78, 5) is 12.0. The predicted octanol–water partition coefficient (Wildman–Crippen LogP) is 5.29. The largest absolute Gasteiger partial charge is 0.453 e. The van der Waals surface area contributed by atoms with Gasteiger partial charge in [0.2, 0.25) is 0 Å². The van der Waals surface area contributed by atoms with Gasteiger partial charge in [0.1, 0.15) is 11.5 Å². The van der Waals surface area contributed by atoms with Crippen molar-refractivity contribution in [2.75, 3.05) is 12.3 Å². The van der Waals surface area contributed by atoms with E-state index in [0.717, 1.165) is 5.56 Å². The predicted molar refractivity (Wildman–Crippen MR) is 121 cm³/mol. The molecule has 0 amide bonds. The van der Waals surface area contributed by atoms with Gasteiger partial charge < -0.3 is 21.5 Å². The first-order valence-electron chi connectivity index (χ1n) is 10.3. The molecule has 0 heterocycles. The SMILES string of the molecule is CC[C@@H](N[C@@H](C)CC(=O)CCCN)c1ccc(Cl)c(Oc2ccc(N)c(C)c2)c1F. The van der Waals surface area contributed by atoms with Crippen LogP contribution < -0.4 is 21.5 Å². The Balaban J connectivity index is 2.20. The van der Waals surface area contributed by atoms with Crippen LogP contribution in [0.2, 0.25) is 5.02 Å². The van der Waals surface area contributed by atoms with Crippen molar-refractivity contribution in [3.8, 4) is 11.5 Å². The molecule has 0 aliphatic heterocycles. The lowest BCUT2D eigenvalue weighted by Gasteiger charge is -2.24. The maximum Gasteiger partial charge on any atom is 0.181 e. The number of ether oxygens (including phenoxy) is 1. The Bertz CT molecular complexity index is 876. The third-order valence-electron chi connectivity index (χ3n) is 5.00. The number of benzene rings is 2. The highest BCUT2D eigenvalue weighted by Crippen LogP contribution is 2.37. The number of nitrogens with two attached hydrogens (primary N) is 2. The van der Waals surface area contributed by atoms with Crippen molar-refractivity contribution in [2.24, 2.45) is 5.73 Å². The van der Waals surface area contributed by atoms with Gasteiger partial charge in [0.15, 0.2) is 11.6 Å². The highest BCUT2D eigenvalue weighted by atomic mass is 35.5. The van der Waals surface area contributed by atoms with Crippen molar-refractivity contribution in [3.63, 3.8) is 0 Å². The number of nitrogens with one attached hydrogen (secondary N) is 1. The van der Waals surface area contributed by atoms with E-state index in [2.05, 4.69) is 5.32 Å². The van der Waals surface area contributed by atoms with Gasteiger partial charge in [-0.3, -0.25) is 4.79 Å². The summed E-state index contributed by atoms with van der Waals surface area (Å²) < 4.78 is 21.1. The number of nitrogen functional groups attached to an aromatic ring is 1. The normalized spacial score (nSPS) is 13.1. The van der Waals surface area contributed by atoms with Crippen LogP contribution in [0.3, 0.4) is 0 Å². The Morgan fingerprint density at radius 3 is 2.67 bits per heavy atom. The van der Waals surface area contributed by atoms with E-state index >= 15 is 4.39 Å². The summed E-state index contributed by atoms with van der Waals surface area (Å²) >= 11 is 6.23. The number of anilines is 1. The van der Waals surface area contributed by atoms with E-state index in [4.69, 9.17) is 27.8 Å². The maximum absolute atomic E-state index is 15.4. The summed E-state index contributed by atoms with van der Waals surface area (Å²) in [6, 6.07) is 8.02. The van der Waals surface area contributed by atoms with E-state index in [9.17, 15) is 4.79 Å². The molecular weight excluding hydrogens is 405 g/mol. The topological polar surface area (TPSA) is 90.4 Å². The summed E-state index contributed by atoms with van der Waals surface area (Å²) in [5.74, 6) is 0.0670. The van der Waals surface area contributed by atoms with Crippen LogP contribution in [0.4, 0.5) is 10.1 Å². The van der Waals surface area contributed by atoms with Gasteiger partial charge in [-0.1, -0.05) is 24.6 Å². The molecule has 0 radical (unpaired) electrons. The van der Waals surface area contributed by atoms with Gasteiger partial charge in [-0.2, -0.15) is 0 Å². The zero-order valence-electron chi connectivity index (χ0n) is 17.8. The minimum absolute atomic E-state index is 0.0229. The lowest BCUT2D eigenvalue weighted by atomic mass is 10.0. The Labute approximate surface area is 182 Å². The zero-order valence-corrected chi connectivity index (χ0v) is 18.6. The lowest BCUT2D eigenvalue weighted by Crippen LogP contribution is -2.32. The molecule has 2 aromatic carbocycles. The first-order chi connectivity index (χ1) is 14.3. The third kappa shape index (κ3) is 6.42. The molecule has 0 bridgehead atoms. The molecule has 2 aromatic rings. The van der Waals surface area contributed by atoms with Gasteiger partial charge in [0.25, 0.3) is 0 Å². The van der Waals surface area contributed by atoms with Gasteiger partial charge >= 0.3 is 0 Å². The number of rotatable bonds is 11. The minimum Gasteiger partial charge on any atom is -0.453 e. The zero-order chi connectivity index (χ0) is 22.3. The van der Waals surface area contributed by atoms with Crippen molar-refractivity contribution in [2.45, 2.75) is 58.5 Å². The van der Waals surface area contributed by atoms with Crippen LogP contribution in [-0.2, 0) is 4.79 Å². The molecule has 0 saturated carbocycles. The molecule has 30 heavy (non-hydrogen) atoms. The van der Waals surface area contributed by atoms with Crippen LogP contribution in [0.1, 0.15) is 56.7 Å². The second kappa shape index (κ2) is 11.3. The number of carbonyl (C=O) groups is 1. The van der Waals surface area contributed by atoms with E-state index < -0.39 is 5.82 Å². The monoisotopic (exact) mass is 435 g/mol. The average molecular weight is 436 g/mol. The number of aryl methyl sites for hydroxylation is 1. The summed E-state index contributed by atoms with van der Waals surface area (Å²) in [6.45, 7) is 6.23. The van der Waals surface area contributed by atoms with Crippen LogP contribution in [0.5, 0.6) is 11.5 Å². The lowest BCUT2D eigenvalue weighted by molar-refractivity contribution is -0.119. The van der Waals surface area contributed by atoms with Gasteiger partial charge in [0, 0.05) is 36.2 Å². The van der Waals surface area contributed by atoms with Crippen LogP contribution in [0.25, 0.3) is 0 Å². The standard InChI is InChI=1S/C23H31ClFN3O2/c1-4-21(28-15(3)13-16(29)6-5-11-26)18-8-9-19(24)23(22(18)25)30-17-7-10-20(27)14(2)12-17/h7-10,12,15,21,28H,4-6,11,13,26-27H2,1-3H3/t15-,21+/m0/s1. The fourth-order valence-corrected chi connectivity index (χ4v) is 3.50. The quantitative estimate of drug-likeness (QED) is 0.417. The molecule has 7 heteroatoms. The number of ketones is 1. The molecule has 0 saturated heterocycles. The van der Waals surface area contributed by atoms with E-state index in [1.54, 1.807) is 30.3 Å². The van der Waals surface area contributed by atoms with Crippen LogP contribution >= 0.6 is 11.6 Å². The third-order valence-corrected chi connectivity index (χ3v) is 5.30. The number of halogens is 2. The molecule has 0 unspecified atom stereocenters. The molecule has 2 atom stereocenters. The molecular formula is C23H31ClFN3O2. The Morgan fingerprint density at radius 1 is 1.30 bits per heavy atom. The van der Waals surface area contributed by atoms with Crippen molar-refractivity contribution in [1.29, 1.82) is 0 Å². The maximum atomic E-state index is 15.4. The van der Waals surface area contributed by atoms with Gasteiger partial charge in [-0.15, -0.1) is 0 Å². The Morgan fingerprint density at radius 2 is 2.03 bits per heavy atom. The first-order valence-corrected chi connectivity index (χ1v) is 10.6. The highest BCUT2D eigenvalue weighted by Gasteiger charge is 2.22. The molecule has 0 fully saturated rings.